The maximum Gasteiger partial charge on any atom is 0.342 e. The van der Waals surface area contributed by atoms with Crippen molar-refractivity contribution < 1.29 is 29.3 Å². The Balaban J connectivity index is 1.64. The molecular formula is C21H19NO6. The highest BCUT2D eigenvalue weighted by molar-refractivity contribution is 6.04. The van der Waals surface area contributed by atoms with E-state index in [2.05, 4.69) is 5.32 Å². The normalized spacial score (nSPS) is 10.5. The van der Waals surface area contributed by atoms with Gasteiger partial charge in [-0.25, -0.2) is 4.79 Å². The van der Waals surface area contributed by atoms with Crippen LogP contribution in [0.25, 0.3) is 10.8 Å². The minimum atomic E-state index is -0.916. The van der Waals surface area contributed by atoms with Crippen molar-refractivity contribution in [2.24, 2.45) is 0 Å². The highest BCUT2D eigenvalue weighted by Gasteiger charge is 2.19. The first kappa shape index (κ1) is 19.0. The number of hydrogen-bond donors (Lipinski definition) is 3. The van der Waals surface area contributed by atoms with Gasteiger partial charge >= 0.3 is 5.97 Å². The molecule has 0 aliphatic carbocycles. The second-order valence-electron chi connectivity index (χ2n) is 5.92. The van der Waals surface area contributed by atoms with E-state index >= 15 is 0 Å². The molecule has 0 heterocycles. The Kier molecular flexibility index (Phi) is 5.64. The number of phenolic OH excluding ortho intramolecular Hbond substituents is 2. The second kappa shape index (κ2) is 8.30. The van der Waals surface area contributed by atoms with Crippen molar-refractivity contribution >= 4 is 28.3 Å². The molecule has 0 aromatic heterocycles. The van der Waals surface area contributed by atoms with Gasteiger partial charge in [0, 0.05) is 16.5 Å². The van der Waals surface area contributed by atoms with E-state index in [0.717, 1.165) is 6.07 Å². The molecule has 1 amide bonds. The fourth-order valence-electron chi connectivity index (χ4n) is 2.70. The molecule has 0 radical (unpaired) electrons. The smallest absolute Gasteiger partial charge is 0.342 e. The number of aromatic hydroxyl groups is 2. The van der Waals surface area contributed by atoms with Gasteiger partial charge in [0.2, 0.25) is 0 Å². The van der Waals surface area contributed by atoms with Crippen LogP contribution in [0.4, 0.5) is 5.69 Å². The van der Waals surface area contributed by atoms with Crippen LogP contribution in [0.1, 0.15) is 17.3 Å². The van der Waals surface area contributed by atoms with Gasteiger partial charge in [-0.1, -0.05) is 24.3 Å². The molecule has 0 aliphatic rings. The number of anilines is 1. The van der Waals surface area contributed by atoms with Gasteiger partial charge in [-0.05, 0) is 37.3 Å². The van der Waals surface area contributed by atoms with E-state index in [-0.39, 0.29) is 17.1 Å². The van der Waals surface area contributed by atoms with Crippen LogP contribution in [-0.2, 0) is 9.53 Å². The van der Waals surface area contributed by atoms with Crippen LogP contribution in [-0.4, -0.2) is 35.3 Å². The third-order valence-electron chi connectivity index (χ3n) is 4.00. The summed E-state index contributed by atoms with van der Waals surface area (Å²) in [6.07, 6.45) is 0. The SMILES string of the molecule is CCOc1ccc(NC(=O)COC(=O)c2cc(O)c3ccccc3c2O)cc1. The summed E-state index contributed by atoms with van der Waals surface area (Å²) in [5.41, 5.74) is 0.306. The molecule has 3 aromatic rings. The molecule has 7 heteroatoms. The molecule has 0 saturated heterocycles. The zero-order chi connectivity index (χ0) is 20.1. The molecule has 28 heavy (non-hydrogen) atoms. The average molecular weight is 381 g/mol. The Morgan fingerprint density at radius 2 is 1.68 bits per heavy atom. The monoisotopic (exact) mass is 381 g/mol. The summed E-state index contributed by atoms with van der Waals surface area (Å²) < 4.78 is 10.3. The van der Waals surface area contributed by atoms with Crippen molar-refractivity contribution in [3.8, 4) is 17.2 Å². The number of benzene rings is 3. The Labute approximate surface area is 161 Å². The predicted octanol–water partition coefficient (Wildman–Crippen LogP) is 3.45. The molecule has 144 valence electrons. The van der Waals surface area contributed by atoms with E-state index in [0.29, 0.717) is 28.8 Å². The minimum absolute atomic E-state index is 0.167. The van der Waals surface area contributed by atoms with Gasteiger partial charge in [-0.15, -0.1) is 0 Å². The highest BCUT2D eigenvalue weighted by atomic mass is 16.5. The molecule has 3 rings (SSSR count). The molecule has 7 nitrogen and oxygen atoms in total. The van der Waals surface area contributed by atoms with Crippen LogP contribution in [0.15, 0.2) is 54.6 Å². The number of carbonyl (C=O) groups is 2. The molecule has 3 N–H and O–H groups in total. The third-order valence-corrected chi connectivity index (χ3v) is 4.00. The Bertz CT molecular complexity index is 1010. The maximum absolute atomic E-state index is 12.2. The highest BCUT2D eigenvalue weighted by Crippen LogP contribution is 2.35. The largest absolute Gasteiger partial charge is 0.507 e. The van der Waals surface area contributed by atoms with Gasteiger partial charge < -0.3 is 25.0 Å². The lowest BCUT2D eigenvalue weighted by molar-refractivity contribution is -0.119. The molecule has 0 spiro atoms. The Hall–Kier alpha value is -3.74. The summed E-state index contributed by atoms with van der Waals surface area (Å²) in [6, 6.07) is 14.4. The Morgan fingerprint density at radius 3 is 2.36 bits per heavy atom. The van der Waals surface area contributed by atoms with Crippen molar-refractivity contribution in [1.29, 1.82) is 0 Å². The lowest BCUT2D eigenvalue weighted by atomic mass is 10.0. The Morgan fingerprint density at radius 1 is 1.00 bits per heavy atom. The fraction of sp³-hybridized carbons (Fsp3) is 0.143. The number of nitrogens with one attached hydrogen (secondary N) is 1. The quantitative estimate of drug-likeness (QED) is 0.446. The van der Waals surface area contributed by atoms with Crippen LogP contribution in [0.5, 0.6) is 17.2 Å². The first-order valence-corrected chi connectivity index (χ1v) is 8.63. The predicted molar refractivity (Wildman–Crippen MR) is 104 cm³/mol. The van der Waals surface area contributed by atoms with E-state index in [4.69, 9.17) is 9.47 Å². The van der Waals surface area contributed by atoms with E-state index in [9.17, 15) is 19.8 Å². The summed E-state index contributed by atoms with van der Waals surface area (Å²) in [5, 5.41) is 23.7. The molecule has 0 fully saturated rings. The average Bonchev–Trinajstić information content (AvgIpc) is 2.70. The van der Waals surface area contributed by atoms with Gasteiger partial charge in [0.15, 0.2) is 6.61 Å². The van der Waals surface area contributed by atoms with Crippen LogP contribution in [0, 0.1) is 0 Å². The summed E-state index contributed by atoms with van der Waals surface area (Å²) >= 11 is 0. The first-order chi connectivity index (χ1) is 13.5. The maximum atomic E-state index is 12.2. The topological polar surface area (TPSA) is 105 Å². The standard InChI is InChI=1S/C21H19NO6/c1-2-27-14-9-7-13(8-10-14)22-19(24)12-28-21(26)17-11-18(23)15-5-3-4-6-16(15)20(17)25/h3-11,23,25H,2,12H2,1H3,(H,22,24). The van der Waals surface area contributed by atoms with Gasteiger partial charge in [0.05, 0.1) is 6.61 Å². The summed E-state index contributed by atoms with van der Waals surface area (Å²) in [4.78, 5) is 24.2. The van der Waals surface area contributed by atoms with Gasteiger partial charge in [-0.3, -0.25) is 4.79 Å². The first-order valence-electron chi connectivity index (χ1n) is 8.63. The van der Waals surface area contributed by atoms with Crippen molar-refractivity contribution in [2.75, 3.05) is 18.5 Å². The molecule has 0 unspecified atom stereocenters. The van der Waals surface area contributed by atoms with Crippen LogP contribution < -0.4 is 10.1 Å². The van der Waals surface area contributed by atoms with Crippen LogP contribution in [0.3, 0.4) is 0 Å². The molecule has 0 saturated carbocycles. The summed E-state index contributed by atoms with van der Waals surface area (Å²) in [7, 11) is 0. The zero-order valence-electron chi connectivity index (χ0n) is 15.1. The number of rotatable bonds is 6. The van der Waals surface area contributed by atoms with E-state index in [1.54, 1.807) is 48.5 Å². The molecule has 0 aliphatic heterocycles. The number of amides is 1. The van der Waals surface area contributed by atoms with E-state index in [1.807, 2.05) is 6.92 Å². The number of fused-ring (bicyclic) bond motifs is 1. The minimum Gasteiger partial charge on any atom is -0.507 e. The van der Waals surface area contributed by atoms with Gasteiger partial charge in [0.1, 0.15) is 22.8 Å². The van der Waals surface area contributed by atoms with Gasteiger partial charge in [0.25, 0.3) is 5.91 Å². The summed E-state index contributed by atoms with van der Waals surface area (Å²) in [6.45, 7) is 1.87. The molecular weight excluding hydrogens is 362 g/mol. The molecule has 0 atom stereocenters. The fourth-order valence-corrected chi connectivity index (χ4v) is 2.70. The van der Waals surface area contributed by atoms with Gasteiger partial charge in [-0.2, -0.15) is 0 Å². The number of hydrogen-bond acceptors (Lipinski definition) is 6. The number of phenols is 2. The molecule has 0 bridgehead atoms. The van der Waals surface area contributed by atoms with Crippen molar-refractivity contribution in [3.63, 3.8) is 0 Å². The van der Waals surface area contributed by atoms with Crippen molar-refractivity contribution in [2.45, 2.75) is 6.92 Å². The lowest BCUT2D eigenvalue weighted by Crippen LogP contribution is -2.21. The number of esters is 1. The third kappa shape index (κ3) is 4.15. The summed E-state index contributed by atoms with van der Waals surface area (Å²) in [5.74, 6) is -1.26. The van der Waals surface area contributed by atoms with Crippen LogP contribution >= 0.6 is 0 Å². The lowest BCUT2D eigenvalue weighted by Gasteiger charge is -2.10. The second-order valence-corrected chi connectivity index (χ2v) is 5.92. The van der Waals surface area contributed by atoms with Crippen molar-refractivity contribution in [3.05, 3.63) is 60.2 Å². The number of carbonyl (C=O) groups excluding carboxylic acids is 2. The zero-order valence-corrected chi connectivity index (χ0v) is 15.1. The van der Waals surface area contributed by atoms with Crippen LogP contribution in [0.2, 0.25) is 0 Å². The number of ether oxygens (including phenoxy) is 2. The van der Waals surface area contributed by atoms with E-state index in [1.165, 1.54) is 0 Å². The van der Waals surface area contributed by atoms with E-state index < -0.39 is 18.5 Å². The molecule has 3 aromatic carbocycles. The van der Waals surface area contributed by atoms with Crippen molar-refractivity contribution in [1.82, 2.24) is 0 Å².